The van der Waals surface area contributed by atoms with Crippen LogP contribution in [0.5, 0.6) is 0 Å². The average Bonchev–Trinajstić information content (AvgIpc) is 2.43. The van der Waals surface area contributed by atoms with E-state index in [0.29, 0.717) is 0 Å². The summed E-state index contributed by atoms with van der Waals surface area (Å²) in [5.41, 5.74) is 0. The molecule has 0 amide bonds. The molecule has 0 rings (SSSR count). The molecule has 0 aliphatic heterocycles. The molecular formula is C18H39Si. The van der Waals surface area contributed by atoms with Gasteiger partial charge in [-0.05, 0) is 0 Å². The van der Waals surface area contributed by atoms with Gasteiger partial charge in [0.25, 0.3) is 0 Å². The molecule has 0 atom stereocenters. The maximum absolute atomic E-state index is 2.30. The lowest BCUT2D eigenvalue weighted by Crippen LogP contribution is -1.83. The Kier molecular flexibility index (Phi) is 18.4. The minimum absolute atomic E-state index is 1.37. The van der Waals surface area contributed by atoms with Gasteiger partial charge in [0.1, 0.15) is 0 Å². The lowest BCUT2D eigenvalue weighted by molar-refractivity contribution is 0.531. The van der Waals surface area contributed by atoms with Gasteiger partial charge >= 0.3 is 0 Å². The van der Waals surface area contributed by atoms with Crippen molar-refractivity contribution in [2.75, 3.05) is 0 Å². The molecule has 0 aliphatic rings. The highest BCUT2D eigenvalue weighted by Gasteiger charge is 1.94. The lowest BCUT2D eigenvalue weighted by atomic mass is 10.0. The molecule has 0 nitrogen and oxygen atoms in total. The van der Waals surface area contributed by atoms with Crippen LogP contribution in [-0.2, 0) is 0 Å². The van der Waals surface area contributed by atoms with Crippen LogP contribution in [-0.4, -0.2) is 10.2 Å². The second-order valence-corrected chi connectivity index (χ2v) is 6.86. The van der Waals surface area contributed by atoms with Gasteiger partial charge in [0.05, 0.1) is 0 Å². The fraction of sp³-hybridized carbons (Fsp3) is 1.00. The summed E-state index contributed by atoms with van der Waals surface area (Å²) in [6.45, 7) is 2.30. The molecule has 0 aromatic rings. The zero-order valence-corrected chi connectivity index (χ0v) is 15.1. The SMILES string of the molecule is CCCCCCCCCCCCCCCCCC[SiH2]. The topological polar surface area (TPSA) is 0 Å². The Morgan fingerprint density at radius 3 is 0.947 bits per heavy atom. The monoisotopic (exact) mass is 283 g/mol. The van der Waals surface area contributed by atoms with Gasteiger partial charge in [-0.2, -0.15) is 0 Å². The molecule has 1 heteroatoms. The van der Waals surface area contributed by atoms with Crippen LogP contribution in [0, 0.1) is 0 Å². The highest BCUT2D eigenvalue weighted by atomic mass is 28.1. The van der Waals surface area contributed by atoms with E-state index in [9.17, 15) is 0 Å². The first-order valence-electron chi connectivity index (χ1n) is 9.21. The Morgan fingerprint density at radius 1 is 0.421 bits per heavy atom. The van der Waals surface area contributed by atoms with Crippen molar-refractivity contribution in [3.05, 3.63) is 0 Å². The summed E-state index contributed by atoms with van der Waals surface area (Å²) in [4.78, 5) is 0. The van der Waals surface area contributed by atoms with E-state index in [1.807, 2.05) is 0 Å². The molecule has 0 fully saturated rings. The van der Waals surface area contributed by atoms with Crippen LogP contribution >= 0.6 is 0 Å². The first kappa shape index (κ1) is 19.2. The normalized spacial score (nSPS) is 11.1. The maximum atomic E-state index is 2.30. The molecule has 115 valence electrons. The molecule has 0 saturated heterocycles. The molecule has 0 spiro atoms. The maximum Gasteiger partial charge on any atom is 0.00797 e. The molecular weight excluding hydrogens is 244 g/mol. The van der Waals surface area contributed by atoms with Crippen molar-refractivity contribution in [3.8, 4) is 0 Å². The summed E-state index contributed by atoms with van der Waals surface area (Å²) in [6.07, 6.45) is 23.6. The van der Waals surface area contributed by atoms with Crippen LogP contribution in [0.1, 0.15) is 110 Å². The molecule has 19 heavy (non-hydrogen) atoms. The number of hydrogen-bond acceptors (Lipinski definition) is 0. The second kappa shape index (κ2) is 18.2. The standard InChI is InChI=1S/C18H39Si/c1-2-3-4-5-6-7-8-9-10-11-12-13-14-15-16-17-18-19/h2-19H2,1H3. The quantitative estimate of drug-likeness (QED) is 0.230. The van der Waals surface area contributed by atoms with Gasteiger partial charge in [-0.1, -0.05) is 116 Å². The Morgan fingerprint density at radius 2 is 0.684 bits per heavy atom. The average molecular weight is 284 g/mol. The molecule has 0 aromatic heterocycles. The molecule has 0 aliphatic carbocycles. The van der Waals surface area contributed by atoms with Crippen LogP contribution < -0.4 is 0 Å². The van der Waals surface area contributed by atoms with Gasteiger partial charge in [0.15, 0.2) is 0 Å². The van der Waals surface area contributed by atoms with Gasteiger partial charge < -0.3 is 0 Å². The van der Waals surface area contributed by atoms with Crippen LogP contribution in [0.25, 0.3) is 0 Å². The van der Waals surface area contributed by atoms with Crippen molar-refractivity contribution in [3.63, 3.8) is 0 Å². The number of unbranched alkanes of at least 4 members (excludes halogenated alkanes) is 15. The highest BCUT2D eigenvalue weighted by molar-refractivity contribution is 6.08. The zero-order valence-electron chi connectivity index (χ0n) is 13.7. The van der Waals surface area contributed by atoms with Gasteiger partial charge in [-0.15, -0.1) is 0 Å². The van der Waals surface area contributed by atoms with Crippen LogP contribution in [0.15, 0.2) is 0 Å². The predicted molar refractivity (Wildman–Crippen MR) is 92.9 cm³/mol. The third-order valence-electron chi connectivity index (χ3n) is 4.10. The molecule has 1 radical (unpaired) electrons. The predicted octanol–water partition coefficient (Wildman–Crippen LogP) is 6.30. The Hall–Kier alpha value is 0.217. The summed E-state index contributed by atoms with van der Waals surface area (Å²) < 4.78 is 0. The third kappa shape index (κ3) is 18.2. The Labute approximate surface area is 126 Å². The molecule has 0 heterocycles. The first-order chi connectivity index (χ1) is 9.41. The van der Waals surface area contributed by atoms with E-state index in [4.69, 9.17) is 0 Å². The lowest BCUT2D eigenvalue weighted by Gasteiger charge is -2.03. The molecule has 0 bridgehead atoms. The van der Waals surface area contributed by atoms with E-state index in [-0.39, 0.29) is 0 Å². The number of rotatable bonds is 16. The van der Waals surface area contributed by atoms with Crippen molar-refractivity contribution in [2.45, 2.75) is 116 Å². The second-order valence-electron chi connectivity index (χ2n) is 6.16. The van der Waals surface area contributed by atoms with Crippen LogP contribution in [0.3, 0.4) is 0 Å². The largest absolute Gasteiger partial charge is 0.0654 e. The minimum Gasteiger partial charge on any atom is -0.0654 e. The van der Waals surface area contributed by atoms with Crippen molar-refractivity contribution in [2.24, 2.45) is 0 Å². The Balaban J connectivity index is 2.88. The minimum atomic E-state index is 1.37. The van der Waals surface area contributed by atoms with Crippen molar-refractivity contribution in [1.82, 2.24) is 0 Å². The third-order valence-corrected chi connectivity index (χ3v) is 4.60. The summed E-state index contributed by atoms with van der Waals surface area (Å²) in [5, 5.41) is 0. The van der Waals surface area contributed by atoms with Crippen LogP contribution in [0.2, 0.25) is 6.04 Å². The van der Waals surface area contributed by atoms with Gasteiger partial charge in [0, 0.05) is 10.2 Å². The van der Waals surface area contributed by atoms with Crippen LogP contribution in [0.4, 0.5) is 0 Å². The summed E-state index contributed by atoms with van der Waals surface area (Å²) in [5.74, 6) is 0. The van der Waals surface area contributed by atoms with Gasteiger partial charge in [0.2, 0.25) is 0 Å². The van der Waals surface area contributed by atoms with Crippen molar-refractivity contribution < 1.29 is 0 Å². The van der Waals surface area contributed by atoms with Gasteiger partial charge in [-0.3, -0.25) is 0 Å². The summed E-state index contributed by atoms with van der Waals surface area (Å²) in [7, 11) is 2.12. The number of hydrogen-bond donors (Lipinski definition) is 0. The zero-order chi connectivity index (χ0) is 14.0. The van der Waals surface area contributed by atoms with Crippen molar-refractivity contribution >= 4 is 10.2 Å². The van der Waals surface area contributed by atoms with E-state index < -0.39 is 0 Å². The van der Waals surface area contributed by atoms with Gasteiger partial charge in [-0.25, -0.2) is 0 Å². The molecule has 0 unspecified atom stereocenters. The molecule has 0 aromatic carbocycles. The summed E-state index contributed by atoms with van der Waals surface area (Å²) in [6, 6.07) is 1.40. The Bertz CT molecular complexity index is 129. The molecule has 0 saturated carbocycles. The van der Waals surface area contributed by atoms with Crippen molar-refractivity contribution in [1.29, 1.82) is 0 Å². The fourth-order valence-corrected chi connectivity index (χ4v) is 3.08. The van der Waals surface area contributed by atoms with E-state index in [1.165, 1.54) is 109 Å². The highest BCUT2D eigenvalue weighted by Crippen LogP contribution is 2.13. The fourth-order valence-electron chi connectivity index (χ4n) is 2.72. The van der Waals surface area contributed by atoms with E-state index in [1.54, 1.807) is 0 Å². The van der Waals surface area contributed by atoms with E-state index >= 15 is 0 Å². The smallest absolute Gasteiger partial charge is 0.00797 e. The van der Waals surface area contributed by atoms with E-state index in [2.05, 4.69) is 17.2 Å². The first-order valence-corrected chi connectivity index (χ1v) is 10.2. The summed E-state index contributed by atoms with van der Waals surface area (Å²) >= 11 is 0. The molecule has 0 N–H and O–H groups in total. The van der Waals surface area contributed by atoms with E-state index in [0.717, 1.165) is 0 Å².